The van der Waals surface area contributed by atoms with E-state index in [-0.39, 0.29) is 0 Å². The molecule has 0 saturated heterocycles. The number of allylic oxidation sites excluding steroid dienone is 1. The normalized spacial score (nSPS) is 19.0. The van der Waals surface area contributed by atoms with Gasteiger partial charge in [-0.3, -0.25) is 0 Å². The van der Waals surface area contributed by atoms with E-state index in [0.717, 1.165) is 6.42 Å². The summed E-state index contributed by atoms with van der Waals surface area (Å²) in [7, 11) is 2.01. The molecule has 1 rings (SSSR count). The highest BCUT2D eigenvalue weighted by molar-refractivity contribution is 5.10. The maximum Gasteiger partial charge on any atom is 0.0137 e. The highest BCUT2D eigenvalue weighted by Gasteiger charge is 2.00. The van der Waals surface area contributed by atoms with E-state index in [4.69, 9.17) is 0 Å². The van der Waals surface area contributed by atoms with E-state index in [1.165, 1.54) is 5.70 Å². The minimum absolute atomic E-state index is 1.02. The van der Waals surface area contributed by atoms with Gasteiger partial charge in [0.15, 0.2) is 0 Å². The molecule has 0 spiro atoms. The fourth-order valence-corrected chi connectivity index (χ4v) is 0.596. The summed E-state index contributed by atoms with van der Waals surface area (Å²) in [5, 5.41) is 0. The molecule has 0 bridgehead atoms. The molecule has 0 aromatic heterocycles. The summed E-state index contributed by atoms with van der Waals surface area (Å²) in [6.45, 7) is 3.80. The topological polar surface area (TPSA) is 3.24 Å². The van der Waals surface area contributed by atoms with Crippen LogP contribution in [0.15, 0.2) is 24.6 Å². The molecule has 1 aliphatic rings. The molecule has 0 unspecified atom stereocenters. The lowest BCUT2D eigenvalue weighted by Crippen LogP contribution is -2.01. The van der Waals surface area contributed by atoms with Crippen LogP contribution < -0.4 is 0 Å². The zero-order valence-electron chi connectivity index (χ0n) is 4.52. The van der Waals surface area contributed by atoms with Crippen LogP contribution in [0.25, 0.3) is 0 Å². The first-order chi connectivity index (χ1) is 3.30. The second kappa shape index (κ2) is 1.41. The van der Waals surface area contributed by atoms with Gasteiger partial charge >= 0.3 is 0 Å². The van der Waals surface area contributed by atoms with Gasteiger partial charge in [-0.2, -0.15) is 0 Å². The molecule has 7 heavy (non-hydrogen) atoms. The standard InChI is InChI=1S/C6H9N/c1-6-4-3-5-7(6)2/h3,5H,1,4H2,2H3. The second-order valence-corrected chi connectivity index (χ2v) is 1.77. The molecule has 1 nitrogen and oxygen atoms in total. The summed E-state index contributed by atoms with van der Waals surface area (Å²) in [5.41, 5.74) is 1.18. The third-order valence-corrected chi connectivity index (χ3v) is 1.18. The first kappa shape index (κ1) is 4.44. The van der Waals surface area contributed by atoms with Gasteiger partial charge in [0.2, 0.25) is 0 Å². The summed E-state index contributed by atoms with van der Waals surface area (Å²) < 4.78 is 0. The minimum atomic E-state index is 1.02. The number of rotatable bonds is 0. The Hall–Kier alpha value is -0.720. The van der Waals surface area contributed by atoms with Crippen molar-refractivity contribution in [2.75, 3.05) is 7.05 Å². The molecule has 0 aliphatic carbocycles. The molecule has 0 N–H and O–H groups in total. The van der Waals surface area contributed by atoms with Crippen molar-refractivity contribution in [2.24, 2.45) is 0 Å². The molecule has 0 saturated carbocycles. The van der Waals surface area contributed by atoms with Gasteiger partial charge in [-0.25, -0.2) is 0 Å². The van der Waals surface area contributed by atoms with Crippen molar-refractivity contribution in [3.05, 3.63) is 24.6 Å². The predicted octanol–water partition coefficient (Wildman–Crippen LogP) is 1.35. The summed E-state index contributed by atoms with van der Waals surface area (Å²) >= 11 is 0. The molecule has 0 radical (unpaired) electrons. The van der Waals surface area contributed by atoms with Gasteiger partial charge < -0.3 is 4.90 Å². The van der Waals surface area contributed by atoms with Gasteiger partial charge in [-0.15, -0.1) is 0 Å². The molecule has 0 atom stereocenters. The van der Waals surface area contributed by atoms with Crippen LogP contribution in [0.2, 0.25) is 0 Å². The lowest BCUT2D eigenvalue weighted by atomic mass is 10.4. The first-order valence-electron chi connectivity index (χ1n) is 2.38. The molecule has 1 heteroatoms. The molecule has 1 heterocycles. The SMILES string of the molecule is C=C1CC=CN1C. The van der Waals surface area contributed by atoms with Crippen molar-refractivity contribution < 1.29 is 0 Å². The second-order valence-electron chi connectivity index (χ2n) is 1.77. The van der Waals surface area contributed by atoms with Gasteiger partial charge in [-0.1, -0.05) is 12.7 Å². The van der Waals surface area contributed by atoms with E-state index in [2.05, 4.69) is 12.7 Å². The fraction of sp³-hybridized carbons (Fsp3) is 0.333. The summed E-state index contributed by atoms with van der Waals surface area (Å²) in [5.74, 6) is 0. The molecule has 38 valence electrons. The zero-order chi connectivity index (χ0) is 5.28. The van der Waals surface area contributed by atoms with Crippen LogP contribution in [-0.4, -0.2) is 11.9 Å². The van der Waals surface area contributed by atoms with Crippen LogP contribution in [0.1, 0.15) is 6.42 Å². The van der Waals surface area contributed by atoms with Gasteiger partial charge in [0.05, 0.1) is 0 Å². The van der Waals surface area contributed by atoms with E-state index < -0.39 is 0 Å². The minimum Gasteiger partial charge on any atom is -0.355 e. The van der Waals surface area contributed by atoms with E-state index in [1.54, 1.807) is 0 Å². The maximum atomic E-state index is 3.80. The van der Waals surface area contributed by atoms with Gasteiger partial charge in [0, 0.05) is 19.2 Å². The van der Waals surface area contributed by atoms with Gasteiger partial charge in [0.1, 0.15) is 0 Å². The average Bonchev–Trinajstić information content (AvgIpc) is 1.91. The van der Waals surface area contributed by atoms with Crippen LogP contribution in [0.4, 0.5) is 0 Å². The Morgan fingerprint density at radius 2 is 2.57 bits per heavy atom. The van der Waals surface area contributed by atoms with Crippen molar-refractivity contribution >= 4 is 0 Å². The van der Waals surface area contributed by atoms with Crippen LogP contribution >= 0.6 is 0 Å². The Bertz CT molecular complexity index is 113. The molecular weight excluding hydrogens is 86.1 g/mol. The van der Waals surface area contributed by atoms with Crippen molar-refractivity contribution in [1.29, 1.82) is 0 Å². The monoisotopic (exact) mass is 95.1 g/mol. The number of hydrogen-bond donors (Lipinski definition) is 0. The zero-order valence-corrected chi connectivity index (χ0v) is 4.52. The van der Waals surface area contributed by atoms with Crippen molar-refractivity contribution in [3.8, 4) is 0 Å². The van der Waals surface area contributed by atoms with E-state index in [1.807, 2.05) is 18.1 Å². The Morgan fingerprint density at radius 3 is 2.71 bits per heavy atom. The van der Waals surface area contributed by atoms with Crippen LogP contribution in [-0.2, 0) is 0 Å². The predicted molar refractivity (Wildman–Crippen MR) is 30.7 cm³/mol. The summed E-state index contributed by atoms with van der Waals surface area (Å²) in [6, 6.07) is 0. The van der Waals surface area contributed by atoms with Crippen molar-refractivity contribution in [1.82, 2.24) is 4.90 Å². The molecule has 1 aliphatic heterocycles. The fourth-order valence-electron chi connectivity index (χ4n) is 0.596. The first-order valence-corrected chi connectivity index (χ1v) is 2.38. The molecule has 0 aromatic carbocycles. The highest BCUT2D eigenvalue weighted by Crippen LogP contribution is 2.11. The third kappa shape index (κ3) is 0.660. The smallest absolute Gasteiger partial charge is 0.0137 e. The summed E-state index contributed by atoms with van der Waals surface area (Å²) in [4.78, 5) is 2.03. The third-order valence-electron chi connectivity index (χ3n) is 1.18. The number of nitrogens with zero attached hydrogens (tertiary/aromatic N) is 1. The van der Waals surface area contributed by atoms with Crippen molar-refractivity contribution in [3.63, 3.8) is 0 Å². The quantitative estimate of drug-likeness (QED) is 0.439. The van der Waals surface area contributed by atoms with Crippen molar-refractivity contribution in [2.45, 2.75) is 6.42 Å². The largest absolute Gasteiger partial charge is 0.355 e. The Balaban J connectivity index is 2.62. The molecule has 0 fully saturated rings. The Morgan fingerprint density at radius 1 is 1.86 bits per heavy atom. The Labute approximate surface area is 43.9 Å². The van der Waals surface area contributed by atoms with E-state index in [9.17, 15) is 0 Å². The lowest BCUT2D eigenvalue weighted by molar-refractivity contribution is 0.588. The Kier molecular flexibility index (Phi) is 0.895. The maximum absolute atomic E-state index is 3.80. The molecule has 0 amide bonds. The highest BCUT2D eigenvalue weighted by atomic mass is 15.1. The van der Waals surface area contributed by atoms with Gasteiger partial charge in [0.25, 0.3) is 0 Å². The molecular formula is C6H9N. The van der Waals surface area contributed by atoms with Crippen LogP contribution in [0.5, 0.6) is 0 Å². The lowest BCUT2D eigenvalue weighted by Gasteiger charge is -2.06. The summed E-state index contributed by atoms with van der Waals surface area (Å²) in [6.07, 6.45) is 5.15. The van der Waals surface area contributed by atoms with E-state index in [0.29, 0.717) is 0 Å². The van der Waals surface area contributed by atoms with Gasteiger partial charge in [-0.05, 0) is 6.20 Å². The number of hydrogen-bond acceptors (Lipinski definition) is 1. The van der Waals surface area contributed by atoms with Crippen LogP contribution in [0, 0.1) is 0 Å². The van der Waals surface area contributed by atoms with Crippen LogP contribution in [0.3, 0.4) is 0 Å². The van der Waals surface area contributed by atoms with E-state index >= 15 is 0 Å². The molecule has 0 aromatic rings. The average molecular weight is 95.1 g/mol.